The number of esters is 1. The van der Waals surface area contributed by atoms with Crippen LogP contribution in [0.4, 0.5) is 0 Å². The van der Waals surface area contributed by atoms with E-state index < -0.39 is 12.0 Å². The number of aliphatic imine (C=N–C) groups is 1. The largest absolute Gasteiger partial charge is 0.496 e. The lowest BCUT2D eigenvalue weighted by Gasteiger charge is -2.38. The number of ether oxygens (including phenoxy) is 2. The lowest BCUT2D eigenvalue weighted by Crippen LogP contribution is -2.50. The minimum absolute atomic E-state index is 0.0175. The first-order valence-corrected chi connectivity index (χ1v) is 12.6. The Morgan fingerprint density at radius 3 is 2.53 bits per heavy atom. The van der Waals surface area contributed by atoms with Crippen molar-refractivity contribution in [3.8, 4) is 5.75 Å². The summed E-state index contributed by atoms with van der Waals surface area (Å²) in [7, 11) is 1.59. The Balaban J connectivity index is 1.65. The lowest BCUT2D eigenvalue weighted by atomic mass is 9.93. The maximum Gasteiger partial charge on any atom is 0.338 e. The molecule has 1 aromatic carbocycles. The van der Waals surface area contributed by atoms with E-state index in [0.29, 0.717) is 48.4 Å². The van der Waals surface area contributed by atoms with Gasteiger partial charge >= 0.3 is 5.97 Å². The van der Waals surface area contributed by atoms with E-state index in [1.165, 1.54) is 17.8 Å². The molecule has 4 rings (SSSR count). The van der Waals surface area contributed by atoms with Crippen molar-refractivity contribution in [2.75, 3.05) is 39.9 Å². The highest BCUT2D eigenvalue weighted by Crippen LogP contribution is 2.47. The molecule has 0 aromatic heterocycles. The molecule has 3 aliphatic rings. The molecule has 1 saturated heterocycles. The summed E-state index contributed by atoms with van der Waals surface area (Å²) in [6.45, 7) is 9.07. The summed E-state index contributed by atoms with van der Waals surface area (Å²) >= 11 is 1.42. The Kier molecular flexibility index (Phi) is 7.83. The number of allylic oxidation sites excluding steroid dienone is 1. The average Bonchev–Trinajstić information content (AvgIpc) is 3.28. The molecular weight excluding hydrogens is 480 g/mol. The van der Waals surface area contributed by atoms with Crippen LogP contribution in [0.25, 0.3) is 0 Å². The monoisotopic (exact) mass is 510 g/mol. The number of carbonyl (C=O) groups excluding carboxylic acids is 3. The van der Waals surface area contributed by atoms with Gasteiger partial charge in [-0.2, -0.15) is 0 Å². The second kappa shape index (κ2) is 11.0. The van der Waals surface area contributed by atoms with Gasteiger partial charge in [0.2, 0.25) is 11.8 Å². The van der Waals surface area contributed by atoms with Crippen LogP contribution in [-0.2, 0) is 19.1 Å². The molecule has 0 bridgehead atoms. The number of nitrogens with zero attached hydrogens (tertiary/aromatic N) is 4. The minimum Gasteiger partial charge on any atom is -0.496 e. The highest BCUT2D eigenvalue weighted by atomic mass is 32.2. The third-order valence-corrected chi connectivity index (χ3v) is 7.29. The van der Waals surface area contributed by atoms with Gasteiger partial charge in [-0.25, -0.2) is 9.79 Å². The maximum atomic E-state index is 13.3. The first kappa shape index (κ1) is 25.6. The van der Waals surface area contributed by atoms with Crippen molar-refractivity contribution in [2.24, 2.45) is 4.99 Å². The molecule has 36 heavy (non-hydrogen) atoms. The smallest absolute Gasteiger partial charge is 0.338 e. The molecule has 10 heteroatoms. The van der Waals surface area contributed by atoms with Gasteiger partial charge in [-0.15, -0.1) is 0 Å². The molecule has 1 fully saturated rings. The second-order valence-corrected chi connectivity index (χ2v) is 9.42. The Morgan fingerprint density at radius 2 is 1.86 bits per heavy atom. The van der Waals surface area contributed by atoms with Crippen LogP contribution in [-0.4, -0.2) is 77.5 Å². The molecular formula is C26H30N4O5S. The number of methoxy groups -OCH3 is 1. The molecule has 1 atom stereocenters. The van der Waals surface area contributed by atoms with Gasteiger partial charge in [0.25, 0.3) is 0 Å². The molecule has 0 spiro atoms. The van der Waals surface area contributed by atoms with Crippen LogP contribution in [0.3, 0.4) is 0 Å². The van der Waals surface area contributed by atoms with Crippen LogP contribution in [0.15, 0.2) is 64.3 Å². The van der Waals surface area contributed by atoms with Crippen molar-refractivity contribution in [2.45, 2.75) is 26.3 Å². The summed E-state index contributed by atoms with van der Waals surface area (Å²) in [5.74, 6) is 0.110. The van der Waals surface area contributed by atoms with Gasteiger partial charge in [0.15, 0.2) is 5.17 Å². The highest BCUT2D eigenvalue weighted by molar-refractivity contribution is 8.16. The van der Waals surface area contributed by atoms with Crippen molar-refractivity contribution in [1.82, 2.24) is 14.7 Å². The van der Waals surface area contributed by atoms with E-state index in [2.05, 4.69) is 11.6 Å². The van der Waals surface area contributed by atoms with E-state index in [9.17, 15) is 14.4 Å². The summed E-state index contributed by atoms with van der Waals surface area (Å²) in [5, 5.41) is 2.60. The second-order valence-electron chi connectivity index (χ2n) is 8.59. The number of amidine groups is 1. The predicted octanol–water partition coefficient (Wildman–Crippen LogP) is 3.08. The van der Waals surface area contributed by atoms with Crippen molar-refractivity contribution >= 4 is 34.7 Å². The van der Waals surface area contributed by atoms with E-state index in [-0.39, 0.29) is 24.8 Å². The van der Waals surface area contributed by atoms with Gasteiger partial charge in [-0.3, -0.25) is 9.59 Å². The van der Waals surface area contributed by atoms with Crippen LogP contribution in [0.5, 0.6) is 5.75 Å². The maximum absolute atomic E-state index is 13.3. The van der Waals surface area contributed by atoms with Gasteiger partial charge in [-0.1, -0.05) is 42.6 Å². The highest BCUT2D eigenvalue weighted by Gasteiger charge is 2.42. The Hall–Kier alpha value is -3.53. The molecule has 0 radical (unpaired) electrons. The van der Waals surface area contributed by atoms with E-state index in [1.807, 2.05) is 34.6 Å². The molecule has 3 heterocycles. The van der Waals surface area contributed by atoms with Gasteiger partial charge in [0, 0.05) is 44.4 Å². The zero-order chi connectivity index (χ0) is 25.8. The standard InChI is InChI=1S/C26H30N4O5S/c1-5-14-35-25(33)23-17(2)27-26-30(24(23)20-8-6-7-9-21(20)34-4)19(16-36-26)15-22(32)29-12-10-28(11-13-29)18(3)31/h5-9,16,24H,1,10-15H2,2-4H3/t24-/m1/s1. The number of amides is 2. The molecule has 3 aliphatic heterocycles. The Bertz CT molecular complexity index is 1170. The molecule has 0 saturated carbocycles. The molecule has 0 aliphatic carbocycles. The first-order chi connectivity index (χ1) is 17.3. The molecule has 190 valence electrons. The zero-order valence-electron chi connectivity index (χ0n) is 20.7. The number of thioether (sulfide) groups is 1. The van der Waals surface area contributed by atoms with Crippen LogP contribution in [0.2, 0.25) is 0 Å². The number of hydrogen-bond donors (Lipinski definition) is 0. The van der Waals surface area contributed by atoms with Crippen molar-refractivity contribution in [1.29, 1.82) is 0 Å². The summed E-state index contributed by atoms with van der Waals surface area (Å²) in [4.78, 5) is 48.3. The summed E-state index contributed by atoms with van der Waals surface area (Å²) in [5.41, 5.74) is 2.46. The minimum atomic E-state index is -0.574. The molecule has 1 aromatic rings. The average molecular weight is 511 g/mol. The fourth-order valence-corrected chi connectivity index (χ4v) is 5.53. The lowest BCUT2D eigenvalue weighted by molar-refractivity contribution is -0.138. The Labute approximate surface area is 215 Å². The third-order valence-electron chi connectivity index (χ3n) is 6.40. The van der Waals surface area contributed by atoms with Gasteiger partial charge in [0.1, 0.15) is 12.4 Å². The normalized spacial score (nSPS) is 19.4. The van der Waals surface area contributed by atoms with Crippen molar-refractivity contribution in [3.05, 3.63) is 64.9 Å². The van der Waals surface area contributed by atoms with Gasteiger partial charge in [0.05, 0.1) is 30.8 Å². The van der Waals surface area contributed by atoms with Gasteiger partial charge < -0.3 is 24.2 Å². The van der Waals surface area contributed by atoms with Crippen LogP contribution < -0.4 is 4.74 Å². The zero-order valence-corrected chi connectivity index (χ0v) is 21.5. The summed E-state index contributed by atoms with van der Waals surface area (Å²) in [6.07, 6.45) is 1.66. The van der Waals surface area contributed by atoms with Crippen LogP contribution >= 0.6 is 11.8 Å². The number of para-hydroxylation sites is 1. The van der Waals surface area contributed by atoms with Crippen LogP contribution in [0.1, 0.15) is 31.9 Å². The fraction of sp³-hybridized carbons (Fsp3) is 0.385. The molecule has 2 amide bonds. The van der Waals surface area contributed by atoms with Gasteiger partial charge in [-0.05, 0) is 18.4 Å². The van der Waals surface area contributed by atoms with Crippen LogP contribution in [0, 0.1) is 0 Å². The van der Waals surface area contributed by atoms with Crippen molar-refractivity contribution in [3.63, 3.8) is 0 Å². The summed E-state index contributed by atoms with van der Waals surface area (Å²) in [6, 6.07) is 6.93. The molecule has 0 unspecified atom stereocenters. The quantitative estimate of drug-likeness (QED) is 0.411. The number of fused-ring (bicyclic) bond motifs is 1. The van der Waals surface area contributed by atoms with E-state index in [0.717, 1.165) is 11.3 Å². The number of piperazine rings is 1. The number of hydrogen-bond acceptors (Lipinski definition) is 8. The predicted molar refractivity (Wildman–Crippen MR) is 138 cm³/mol. The first-order valence-electron chi connectivity index (χ1n) is 11.7. The van der Waals surface area contributed by atoms with Crippen molar-refractivity contribution < 1.29 is 23.9 Å². The summed E-state index contributed by atoms with van der Waals surface area (Å²) < 4.78 is 11.1. The SMILES string of the molecule is C=CCOC(=O)C1=C(C)N=C2SC=C(CC(=O)N3CCN(C(C)=O)CC3)N2[C@@H]1c1ccccc1OC. The number of benzene rings is 1. The van der Waals surface area contributed by atoms with E-state index >= 15 is 0 Å². The number of carbonyl (C=O) groups is 3. The van der Waals surface area contributed by atoms with E-state index in [1.54, 1.807) is 30.8 Å². The number of rotatable bonds is 7. The van der Waals surface area contributed by atoms with E-state index in [4.69, 9.17) is 9.47 Å². The fourth-order valence-electron chi connectivity index (χ4n) is 4.57. The topological polar surface area (TPSA) is 91.8 Å². The third kappa shape index (κ3) is 5.04. The molecule has 9 nitrogen and oxygen atoms in total. The molecule has 0 N–H and O–H groups in total. The Morgan fingerprint density at radius 1 is 1.17 bits per heavy atom.